The number of imide groups is 1. The Hall–Kier alpha value is -4.46. The number of nitrogens with zero attached hydrogens (tertiary/aromatic N) is 2. The first-order chi connectivity index (χ1) is 18.0. The van der Waals surface area contributed by atoms with Gasteiger partial charge in [0.25, 0.3) is 11.8 Å². The molecule has 0 saturated heterocycles. The van der Waals surface area contributed by atoms with Gasteiger partial charge < -0.3 is 9.57 Å². The highest BCUT2D eigenvalue weighted by atomic mass is 16.7. The summed E-state index contributed by atoms with van der Waals surface area (Å²) in [5, 5.41) is 0.458. The molecule has 3 amide bonds. The number of benzene rings is 3. The second-order valence-corrected chi connectivity index (χ2v) is 9.54. The van der Waals surface area contributed by atoms with Crippen LogP contribution in [0.4, 0.5) is 4.79 Å². The van der Waals surface area contributed by atoms with Crippen LogP contribution in [-0.2, 0) is 14.4 Å². The third kappa shape index (κ3) is 4.24. The zero-order valence-electron chi connectivity index (χ0n) is 20.0. The van der Waals surface area contributed by atoms with Crippen LogP contribution in [0.2, 0.25) is 0 Å². The molecular weight excluding hydrogens is 472 g/mol. The zero-order valence-corrected chi connectivity index (χ0v) is 20.0. The molecule has 6 rings (SSSR count). The summed E-state index contributed by atoms with van der Waals surface area (Å²) in [6.07, 6.45) is 1.29. The predicted molar refractivity (Wildman–Crippen MR) is 132 cm³/mol. The molecular formula is C29H24N2O6. The molecule has 1 heterocycles. The van der Waals surface area contributed by atoms with E-state index in [-0.39, 0.29) is 29.6 Å². The van der Waals surface area contributed by atoms with Crippen LogP contribution < -0.4 is 0 Å². The average Bonchev–Trinajstić information content (AvgIpc) is 3.64. The molecule has 0 spiro atoms. The third-order valence-electron chi connectivity index (χ3n) is 7.04. The molecule has 2 aliphatic carbocycles. The molecule has 37 heavy (non-hydrogen) atoms. The molecule has 0 N–H and O–H groups in total. The number of fused-ring (bicyclic) bond motifs is 4. The Morgan fingerprint density at radius 1 is 0.784 bits per heavy atom. The van der Waals surface area contributed by atoms with Gasteiger partial charge in [-0.15, -0.1) is 0 Å². The first-order valence-corrected chi connectivity index (χ1v) is 12.3. The van der Waals surface area contributed by atoms with E-state index >= 15 is 0 Å². The molecule has 1 saturated carbocycles. The summed E-state index contributed by atoms with van der Waals surface area (Å²) in [5.41, 5.74) is 4.78. The molecule has 3 aliphatic rings. The van der Waals surface area contributed by atoms with Gasteiger partial charge in [0.05, 0.1) is 11.1 Å². The summed E-state index contributed by atoms with van der Waals surface area (Å²) in [5.74, 6) is -2.12. The molecule has 0 atom stereocenters. The number of ether oxygens (including phenoxy) is 1. The van der Waals surface area contributed by atoms with Gasteiger partial charge in [-0.25, -0.2) is 9.59 Å². The van der Waals surface area contributed by atoms with Crippen molar-refractivity contribution < 1.29 is 28.8 Å². The van der Waals surface area contributed by atoms with Gasteiger partial charge in [-0.05, 0) is 53.1 Å². The quantitative estimate of drug-likeness (QED) is 0.450. The fraction of sp³-hybridized carbons (Fsp3) is 0.241. The Morgan fingerprint density at radius 3 is 1.84 bits per heavy atom. The van der Waals surface area contributed by atoms with Crippen LogP contribution in [0.3, 0.4) is 0 Å². The van der Waals surface area contributed by atoms with Crippen LogP contribution >= 0.6 is 0 Å². The predicted octanol–water partition coefficient (Wildman–Crippen LogP) is 4.40. The lowest BCUT2D eigenvalue weighted by Gasteiger charge is -2.23. The van der Waals surface area contributed by atoms with Crippen molar-refractivity contribution in [2.75, 3.05) is 19.7 Å². The molecule has 0 radical (unpaired) electrons. The normalized spacial score (nSPS) is 15.7. The number of carbonyl (C=O) groups excluding carboxylic acids is 4. The highest BCUT2D eigenvalue weighted by Crippen LogP contribution is 2.44. The van der Waals surface area contributed by atoms with E-state index < -0.39 is 30.4 Å². The van der Waals surface area contributed by atoms with Crippen molar-refractivity contribution in [3.05, 3.63) is 95.1 Å². The summed E-state index contributed by atoms with van der Waals surface area (Å²) in [7, 11) is 0. The summed E-state index contributed by atoms with van der Waals surface area (Å²) in [6.45, 7) is 0.0377. The van der Waals surface area contributed by atoms with E-state index in [0.717, 1.165) is 35.1 Å². The monoisotopic (exact) mass is 496 g/mol. The lowest BCUT2D eigenvalue weighted by Crippen LogP contribution is -2.42. The van der Waals surface area contributed by atoms with Gasteiger partial charge in [0, 0.05) is 12.5 Å². The number of carbonyl (C=O) groups is 4. The standard InChI is InChI=1S/C29H24N2O6/c32-26(37-31-27(33)23-11-5-6-12-24(23)28(31)34)16-30(15-18-13-14-18)29(35)36-17-25-21-9-3-1-7-19(21)20-8-2-4-10-22(20)25/h1-12,18,25H,13-17H2. The summed E-state index contributed by atoms with van der Waals surface area (Å²) >= 11 is 0. The van der Waals surface area contributed by atoms with E-state index in [2.05, 4.69) is 12.1 Å². The smallest absolute Gasteiger partial charge is 0.410 e. The van der Waals surface area contributed by atoms with Crippen LogP contribution in [0.1, 0.15) is 50.6 Å². The van der Waals surface area contributed by atoms with Gasteiger partial charge in [-0.1, -0.05) is 65.7 Å². The number of hydrogen-bond acceptors (Lipinski definition) is 6. The van der Waals surface area contributed by atoms with Crippen LogP contribution in [0.15, 0.2) is 72.8 Å². The maximum Gasteiger partial charge on any atom is 0.410 e. The topological polar surface area (TPSA) is 93.2 Å². The molecule has 8 heteroatoms. The summed E-state index contributed by atoms with van der Waals surface area (Å²) in [6, 6.07) is 22.4. The van der Waals surface area contributed by atoms with Crippen LogP contribution in [0.25, 0.3) is 11.1 Å². The maximum atomic E-state index is 13.1. The summed E-state index contributed by atoms with van der Waals surface area (Å²) in [4.78, 5) is 57.3. The van der Waals surface area contributed by atoms with Crippen molar-refractivity contribution in [2.24, 2.45) is 5.92 Å². The molecule has 0 bridgehead atoms. The van der Waals surface area contributed by atoms with E-state index in [4.69, 9.17) is 9.57 Å². The molecule has 186 valence electrons. The van der Waals surface area contributed by atoms with Gasteiger partial charge in [0.2, 0.25) is 0 Å². The van der Waals surface area contributed by atoms with Crippen molar-refractivity contribution in [2.45, 2.75) is 18.8 Å². The fourth-order valence-electron chi connectivity index (χ4n) is 5.04. The Kier molecular flexibility index (Phi) is 5.71. The van der Waals surface area contributed by atoms with Crippen molar-refractivity contribution in [3.63, 3.8) is 0 Å². The lowest BCUT2D eigenvalue weighted by atomic mass is 9.98. The molecule has 1 aliphatic heterocycles. The van der Waals surface area contributed by atoms with Crippen LogP contribution in [0, 0.1) is 5.92 Å². The molecule has 0 unspecified atom stereocenters. The largest absolute Gasteiger partial charge is 0.448 e. The minimum Gasteiger partial charge on any atom is -0.448 e. The second-order valence-electron chi connectivity index (χ2n) is 9.54. The van der Waals surface area contributed by atoms with E-state index in [0.29, 0.717) is 11.6 Å². The Balaban J connectivity index is 1.13. The number of hydroxylamine groups is 2. The Morgan fingerprint density at radius 2 is 1.30 bits per heavy atom. The molecule has 1 fully saturated rings. The van der Waals surface area contributed by atoms with Crippen molar-refractivity contribution in [1.82, 2.24) is 9.96 Å². The van der Waals surface area contributed by atoms with E-state index in [9.17, 15) is 19.2 Å². The van der Waals surface area contributed by atoms with Gasteiger partial charge in [0.15, 0.2) is 0 Å². The van der Waals surface area contributed by atoms with Gasteiger partial charge in [0.1, 0.15) is 13.2 Å². The molecule has 0 aromatic heterocycles. The van der Waals surface area contributed by atoms with Crippen molar-refractivity contribution in [3.8, 4) is 11.1 Å². The highest BCUT2D eigenvalue weighted by Gasteiger charge is 2.39. The summed E-state index contributed by atoms with van der Waals surface area (Å²) < 4.78 is 5.73. The third-order valence-corrected chi connectivity index (χ3v) is 7.04. The molecule has 8 nitrogen and oxygen atoms in total. The lowest BCUT2D eigenvalue weighted by molar-refractivity contribution is -0.169. The number of amides is 3. The number of hydrogen-bond donors (Lipinski definition) is 0. The van der Waals surface area contributed by atoms with Gasteiger partial charge in [-0.2, -0.15) is 0 Å². The van der Waals surface area contributed by atoms with Gasteiger partial charge >= 0.3 is 12.1 Å². The first-order valence-electron chi connectivity index (χ1n) is 12.3. The van der Waals surface area contributed by atoms with Crippen molar-refractivity contribution >= 4 is 23.9 Å². The second kappa shape index (κ2) is 9.20. The molecule has 3 aromatic rings. The Bertz CT molecular complexity index is 1350. The molecule has 3 aromatic carbocycles. The Labute approximate surface area is 213 Å². The van der Waals surface area contributed by atoms with E-state index in [1.54, 1.807) is 12.1 Å². The van der Waals surface area contributed by atoms with Gasteiger partial charge in [-0.3, -0.25) is 14.5 Å². The van der Waals surface area contributed by atoms with E-state index in [1.165, 1.54) is 17.0 Å². The highest BCUT2D eigenvalue weighted by molar-refractivity contribution is 6.20. The van der Waals surface area contributed by atoms with Crippen LogP contribution in [-0.4, -0.2) is 53.5 Å². The van der Waals surface area contributed by atoms with Crippen molar-refractivity contribution in [1.29, 1.82) is 0 Å². The zero-order chi connectivity index (χ0) is 25.5. The SMILES string of the molecule is O=C(CN(CC1CC1)C(=O)OCC1c2ccccc2-c2ccccc21)ON1C(=O)c2ccccc2C1=O. The minimum atomic E-state index is -0.885. The minimum absolute atomic E-state index is 0.107. The number of rotatable bonds is 7. The first kappa shape index (κ1) is 23.0. The maximum absolute atomic E-state index is 13.1. The average molecular weight is 497 g/mol. The fourth-order valence-corrected chi connectivity index (χ4v) is 5.04. The van der Waals surface area contributed by atoms with Crippen LogP contribution in [0.5, 0.6) is 0 Å². The van der Waals surface area contributed by atoms with E-state index in [1.807, 2.05) is 36.4 Å².